The smallest absolute Gasteiger partial charge is 0.308 e. The van der Waals surface area contributed by atoms with Crippen LogP contribution >= 0.6 is 11.6 Å². The normalized spacial score (nSPS) is 15.3. The van der Waals surface area contributed by atoms with Gasteiger partial charge in [-0.05, 0) is 42.5 Å². The highest BCUT2D eigenvalue weighted by molar-refractivity contribution is 6.30. The molecular formula is C22H20ClNO4. The number of likely N-dealkylation sites (tertiary alicyclic amines) is 1. The minimum atomic E-state index is -1.13. The van der Waals surface area contributed by atoms with Gasteiger partial charge in [0.25, 0.3) is 5.91 Å². The summed E-state index contributed by atoms with van der Waals surface area (Å²) in [5, 5.41) is 11.3. The minimum absolute atomic E-state index is 0.126. The molecule has 144 valence electrons. The lowest BCUT2D eigenvalue weighted by Gasteiger charge is -2.35. The molecule has 0 aliphatic carbocycles. The first-order chi connectivity index (χ1) is 13.3. The van der Waals surface area contributed by atoms with Crippen molar-refractivity contribution in [1.29, 1.82) is 0 Å². The molecule has 0 radical (unpaired) electrons. The standard InChI is InChI=1S/C22H20ClNO4/c1-16(25)28-20-7-5-18(6-8-20)21(26)24-13-11-22(27,12-14-24)10-9-17-3-2-4-19(23)15-17/h2-8,15,27H,11-14H2,1H3. The van der Waals surface area contributed by atoms with E-state index in [0.29, 0.717) is 42.3 Å². The number of nitrogens with zero attached hydrogens (tertiary/aromatic N) is 1. The Morgan fingerprint density at radius 2 is 1.82 bits per heavy atom. The first kappa shape index (κ1) is 19.9. The van der Waals surface area contributed by atoms with E-state index in [1.807, 2.05) is 12.1 Å². The van der Waals surface area contributed by atoms with Gasteiger partial charge in [0.15, 0.2) is 0 Å². The SMILES string of the molecule is CC(=O)Oc1ccc(C(=O)N2CCC(O)(C#Cc3cccc(Cl)c3)CC2)cc1. The second-order valence-corrected chi connectivity index (χ2v) is 7.14. The molecule has 2 aromatic carbocycles. The summed E-state index contributed by atoms with van der Waals surface area (Å²) in [5.41, 5.74) is 0.122. The van der Waals surface area contributed by atoms with Gasteiger partial charge in [-0.1, -0.05) is 29.5 Å². The first-order valence-corrected chi connectivity index (χ1v) is 9.31. The number of esters is 1. The number of hydrogen-bond acceptors (Lipinski definition) is 4. The average Bonchev–Trinajstić information content (AvgIpc) is 2.67. The highest BCUT2D eigenvalue weighted by Crippen LogP contribution is 2.24. The maximum atomic E-state index is 12.6. The molecule has 3 rings (SSSR count). The van der Waals surface area contributed by atoms with Gasteiger partial charge in [-0.25, -0.2) is 0 Å². The third-order valence-electron chi connectivity index (χ3n) is 4.50. The monoisotopic (exact) mass is 397 g/mol. The predicted molar refractivity (Wildman–Crippen MR) is 106 cm³/mol. The Balaban J connectivity index is 1.61. The summed E-state index contributed by atoms with van der Waals surface area (Å²) in [6.45, 7) is 2.14. The minimum Gasteiger partial charge on any atom is -0.427 e. The van der Waals surface area contributed by atoms with Gasteiger partial charge in [0, 0.05) is 49.0 Å². The van der Waals surface area contributed by atoms with Crippen LogP contribution in [-0.2, 0) is 4.79 Å². The van der Waals surface area contributed by atoms with Crippen LogP contribution in [0.3, 0.4) is 0 Å². The number of carbonyl (C=O) groups excluding carboxylic acids is 2. The summed E-state index contributed by atoms with van der Waals surface area (Å²) in [4.78, 5) is 25.3. The summed E-state index contributed by atoms with van der Waals surface area (Å²) in [5.74, 6) is 5.75. The molecule has 1 aliphatic heterocycles. The highest BCUT2D eigenvalue weighted by Gasteiger charge is 2.32. The van der Waals surface area contributed by atoms with Crippen LogP contribution in [0.5, 0.6) is 5.75 Å². The Morgan fingerprint density at radius 3 is 2.43 bits per heavy atom. The fourth-order valence-electron chi connectivity index (χ4n) is 2.97. The van der Waals surface area contributed by atoms with Crippen molar-refractivity contribution < 1.29 is 19.4 Å². The highest BCUT2D eigenvalue weighted by atomic mass is 35.5. The van der Waals surface area contributed by atoms with Gasteiger partial charge in [-0.3, -0.25) is 9.59 Å². The van der Waals surface area contributed by atoms with Crippen molar-refractivity contribution >= 4 is 23.5 Å². The fraction of sp³-hybridized carbons (Fsp3) is 0.273. The number of hydrogen-bond donors (Lipinski definition) is 1. The van der Waals surface area contributed by atoms with Crippen LogP contribution in [0.4, 0.5) is 0 Å². The summed E-state index contributed by atoms with van der Waals surface area (Å²) in [6, 6.07) is 13.6. The Morgan fingerprint density at radius 1 is 1.14 bits per heavy atom. The van der Waals surface area contributed by atoms with Gasteiger partial charge >= 0.3 is 5.97 Å². The number of benzene rings is 2. The van der Waals surface area contributed by atoms with Gasteiger partial charge in [0.05, 0.1) is 0 Å². The zero-order valence-corrected chi connectivity index (χ0v) is 16.2. The van der Waals surface area contributed by atoms with E-state index in [4.69, 9.17) is 16.3 Å². The molecule has 0 atom stereocenters. The van der Waals surface area contributed by atoms with Crippen molar-refractivity contribution in [3.05, 3.63) is 64.7 Å². The van der Waals surface area contributed by atoms with Crippen molar-refractivity contribution in [3.63, 3.8) is 0 Å². The van der Waals surface area contributed by atoms with E-state index in [1.54, 1.807) is 41.3 Å². The van der Waals surface area contributed by atoms with E-state index in [0.717, 1.165) is 5.56 Å². The number of rotatable bonds is 2. The maximum Gasteiger partial charge on any atom is 0.308 e. The van der Waals surface area contributed by atoms with Gasteiger partial charge in [-0.2, -0.15) is 0 Å². The van der Waals surface area contributed by atoms with Crippen LogP contribution in [0, 0.1) is 11.8 Å². The molecular weight excluding hydrogens is 378 g/mol. The van der Waals surface area contributed by atoms with Gasteiger partial charge in [0.1, 0.15) is 11.4 Å². The van der Waals surface area contributed by atoms with Crippen LogP contribution in [0.25, 0.3) is 0 Å². The Bertz CT molecular complexity index is 935. The molecule has 1 aliphatic rings. The predicted octanol–water partition coefficient (Wildman–Crippen LogP) is 3.28. The van der Waals surface area contributed by atoms with Crippen molar-refractivity contribution in [2.75, 3.05) is 13.1 Å². The summed E-state index contributed by atoms with van der Waals surface area (Å²) >= 11 is 5.95. The molecule has 1 saturated heterocycles. The number of amides is 1. The fourth-order valence-corrected chi connectivity index (χ4v) is 3.16. The molecule has 0 saturated carbocycles. The molecule has 0 bridgehead atoms. The van der Waals surface area contributed by atoms with Crippen LogP contribution in [0.15, 0.2) is 48.5 Å². The Hall–Kier alpha value is -2.81. The number of ether oxygens (including phenoxy) is 1. The van der Waals surface area contributed by atoms with E-state index in [2.05, 4.69) is 11.8 Å². The van der Waals surface area contributed by atoms with Crippen LogP contribution in [0.1, 0.15) is 35.7 Å². The van der Waals surface area contributed by atoms with Crippen molar-refractivity contribution in [2.24, 2.45) is 0 Å². The Kier molecular flexibility index (Phi) is 6.03. The molecule has 2 aromatic rings. The lowest BCUT2D eigenvalue weighted by Crippen LogP contribution is -2.46. The lowest BCUT2D eigenvalue weighted by atomic mass is 9.91. The second-order valence-electron chi connectivity index (χ2n) is 6.70. The van der Waals surface area contributed by atoms with E-state index >= 15 is 0 Å². The zero-order valence-electron chi connectivity index (χ0n) is 15.4. The van der Waals surface area contributed by atoms with Crippen molar-refractivity contribution in [3.8, 4) is 17.6 Å². The maximum absolute atomic E-state index is 12.6. The van der Waals surface area contributed by atoms with Crippen LogP contribution in [0.2, 0.25) is 5.02 Å². The molecule has 1 amide bonds. The van der Waals surface area contributed by atoms with E-state index in [9.17, 15) is 14.7 Å². The molecule has 28 heavy (non-hydrogen) atoms. The van der Waals surface area contributed by atoms with E-state index in [-0.39, 0.29) is 5.91 Å². The molecule has 0 unspecified atom stereocenters. The topological polar surface area (TPSA) is 66.8 Å². The van der Waals surface area contributed by atoms with Crippen LogP contribution in [-0.4, -0.2) is 40.6 Å². The molecule has 0 aromatic heterocycles. The van der Waals surface area contributed by atoms with Gasteiger partial charge in [-0.15, -0.1) is 0 Å². The first-order valence-electron chi connectivity index (χ1n) is 8.93. The number of halogens is 1. The third-order valence-corrected chi connectivity index (χ3v) is 4.74. The lowest BCUT2D eigenvalue weighted by molar-refractivity contribution is -0.131. The second kappa shape index (κ2) is 8.47. The number of piperidine rings is 1. The summed E-state index contributed by atoms with van der Waals surface area (Å²) < 4.78 is 4.97. The quantitative estimate of drug-likeness (QED) is 0.479. The van der Waals surface area contributed by atoms with E-state index < -0.39 is 11.6 Å². The molecule has 0 spiro atoms. The summed E-state index contributed by atoms with van der Waals surface area (Å²) in [7, 11) is 0. The molecule has 6 heteroatoms. The molecule has 5 nitrogen and oxygen atoms in total. The number of aliphatic hydroxyl groups is 1. The zero-order chi connectivity index (χ0) is 20.1. The van der Waals surface area contributed by atoms with Crippen molar-refractivity contribution in [1.82, 2.24) is 4.90 Å². The summed E-state index contributed by atoms with van der Waals surface area (Å²) in [6.07, 6.45) is 0.746. The average molecular weight is 398 g/mol. The molecule has 1 fully saturated rings. The third kappa shape index (κ3) is 5.13. The van der Waals surface area contributed by atoms with E-state index in [1.165, 1.54) is 6.92 Å². The number of carbonyl (C=O) groups is 2. The van der Waals surface area contributed by atoms with Gasteiger partial charge in [0.2, 0.25) is 0 Å². The largest absolute Gasteiger partial charge is 0.427 e. The Labute approximate surface area is 168 Å². The molecule has 1 heterocycles. The van der Waals surface area contributed by atoms with Crippen LogP contribution < -0.4 is 4.74 Å². The van der Waals surface area contributed by atoms with Gasteiger partial charge < -0.3 is 14.7 Å². The van der Waals surface area contributed by atoms with Crippen molar-refractivity contribution in [2.45, 2.75) is 25.4 Å². The molecule has 1 N–H and O–H groups in total.